The Hall–Kier alpha value is -2.36. The molecule has 2 aromatic heterocycles. The Labute approximate surface area is 141 Å². The van der Waals surface area contributed by atoms with Crippen molar-refractivity contribution >= 4 is 33.9 Å². The molecule has 0 fully saturated rings. The predicted molar refractivity (Wildman–Crippen MR) is 96.2 cm³/mol. The maximum atomic E-state index is 13.0. The van der Waals surface area contributed by atoms with Crippen LogP contribution in [0.3, 0.4) is 0 Å². The van der Waals surface area contributed by atoms with Gasteiger partial charge >= 0.3 is 0 Å². The van der Waals surface area contributed by atoms with Gasteiger partial charge in [-0.15, -0.1) is 0 Å². The standard InChI is InChI=1S/C19H11ClO2S/c20-14-7-5-12(6-8-14)19-17(13-9-10-23-11-13)18(21)15-3-1-2-4-16(15)22-19/h1-11H. The summed E-state index contributed by atoms with van der Waals surface area (Å²) in [5, 5.41) is 5.15. The molecule has 0 unspecified atom stereocenters. The second-order valence-corrected chi connectivity index (χ2v) is 6.37. The third kappa shape index (κ3) is 2.48. The molecular formula is C19H11ClO2S. The molecule has 0 saturated carbocycles. The van der Waals surface area contributed by atoms with E-state index in [0.717, 1.165) is 11.1 Å². The van der Waals surface area contributed by atoms with Crippen LogP contribution in [0.4, 0.5) is 0 Å². The number of fused-ring (bicyclic) bond motifs is 1. The molecule has 4 aromatic rings. The van der Waals surface area contributed by atoms with E-state index in [2.05, 4.69) is 0 Å². The van der Waals surface area contributed by atoms with Crippen LogP contribution in [-0.4, -0.2) is 0 Å². The van der Waals surface area contributed by atoms with Crippen LogP contribution in [0.5, 0.6) is 0 Å². The zero-order valence-electron chi connectivity index (χ0n) is 12.0. The number of benzene rings is 2. The van der Waals surface area contributed by atoms with Crippen LogP contribution in [-0.2, 0) is 0 Å². The van der Waals surface area contributed by atoms with Crippen LogP contribution in [0.1, 0.15) is 0 Å². The maximum absolute atomic E-state index is 13.0. The van der Waals surface area contributed by atoms with Gasteiger partial charge in [-0.25, -0.2) is 0 Å². The topological polar surface area (TPSA) is 30.2 Å². The molecule has 0 atom stereocenters. The first-order chi connectivity index (χ1) is 11.2. The summed E-state index contributed by atoms with van der Waals surface area (Å²) >= 11 is 7.53. The zero-order valence-corrected chi connectivity index (χ0v) is 13.5. The van der Waals surface area contributed by atoms with E-state index < -0.39 is 0 Å². The Morgan fingerprint density at radius 1 is 0.913 bits per heavy atom. The van der Waals surface area contributed by atoms with Crippen molar-refractivity contribution in [1.29, 1.82) is 0 Å². The summed E-state index contributed by atoms with van der Waals surface area (Å²) in [5.74, 6) is 0.573. The molecule has 2 nitrogen and oxygen atoms in total. The fourth-order valence-corrected chi connectivity index (χ4v) is 3.39. The number of hydrogen-bond donors (Lipinski definition) is 0. The van der Waals surface area contributed by atoms with Crippen molar-refractivity contribution in [2.24, 2.45) is 0 Å². The van der Waals surface area contributed by atoms with Crippen molar-refractivity contribution < 1.29 is 4.42 Å². The van der Waals surface area contributed by atoms with Crippen molar-refractivity contribution in [1.82, 2.24) is 0 Å². The summed E-state index contributed by atoms with van der Waals surface area (Å²) < 4.78 is 6.09. The summed E-state index contributed by atoms with van der Waals surface area (Å²) in [4.78, 5) is 13.0. The molecule has 0 aliphatic heterocycles. The average molecular weight is 339 g/mol. The largest absolute Gasteiger partial charge is 0.455 e. The van der Waals surface area contributed by atoms with E-state index in [1.807, 2.05) is 47.2 Å². The zero-order chi connectivity index (χ0) is 15.8. The van der Waals surface area contributed by atoms with Gasteiger partial charge in [0, 0.05) is 16.1 Å². The molecule has 0 amide bonds. The molecule has 0 aliphatic carbocycles. The van der Waals surface area contributed by atoms with Gasteiger partial charge in [0.15, 0.2) is 0 Å². The second-order valence-electron chi connectivity index (χ2n) is 5.15. The van der Waals surface area contributed by atoms with E-state index >= 15 is 0 Å². The molecule has 0 saturated heterocycles. The number of rotatable bonds is 2. The van der Waals surface area contributed by atoms with Crippen LogP contribution in [0.15, 0.2) is 74.6 Å². The molecule has 0 spiro atoms. The van der Waals surface area contributed by atoms with Crippen molar-refractivity contribution in [2.75, 3.05) is 0 Å². The van der Waals surface area contributed by atoms with Crippen LogP contribution < -0.4 is 5.43 Å². The number of halogens is 1. The van der Waals surface area contributed by atoms with Crippen LogP contribution in [0, 0.1) is 0 Å². The minimum absolute atomic E-state index is 0.0183. The molecule has 4 heteroatoms. The quantitative estimate of drug-likeness (QED) is 0.459. The molecule has 4 rings (SSSR count). The highest BCUT2D eigenvalue weighted by Crippen LogP contribution is 2.33. The number of thiophene rings is 1. The van der Waals surface area contributed by atoms with E-state index in [-0.39, 0.29) is 5.43 Å². The molecular weight excluding hydrogens is 328 g/mol. The van der Waals surface area contributed by atoms with E-state index in [1.165, 1.54) is 0 Å². The minimum atomic E-state index is -0.0183. The van der Waals surface area contributed by atoms with E-state index in [4.69, 9.17) is 16.0 Å². The Morgan fingerprint density at radius 3 is 2.43 bits per heavy atom. The second kappa shape index (κ2) is 5.69. The molecule has 0 radical (unpaired) electrons. The van der Waals surface area contributed by atoms with Gasteiger partial charge < -0.3 is 4.42 Å². The summed E-state index contributed by atoms with van der Waals surface area (Å²) in [5.41, 5.74) is 2.86. The molecule has 2 aromatic carbocycles. The molecule has 0 bridgehead atoms. The van der Waals surface area contributed by atoms with Crippen LogP contribution >= 0.6 is 22.9 Å². The SMILES string of the molecule is O=c1c(-c2ccsc2)c(-c2ccc(Cl)cc2)oc2ccccc12. The Balaban J connectivity index is 2.11. The third-order valence-electron chi connectivity index (χ3n) is 3.71. The lowest BCUT2D eigenvalue weighted by molar-refractivity contribution is 0.621. The predicted octanol–water partition coefficient (Wildman–Crippen LogP) is 5.84. The highest BCUT2D eigenvalue weighted by Gasteiger charge is 2.17. The third-order valence-corrected chi connectivity index (χ3v) is 4.65. The van der Waals surface area contributed by atoms with Gasteiger partial charge in [-0.3, -0.25) is 4.79 Å². The Kier molecular flexibility index (Phi) is 3.52. The highest BCUT2D eigenvalue weighted by molar-refractivity contribution is 7.08. The van der Waals surface area contributed by atoms with Crippen LogP contribution in [0.25, 0.3) is 33.4 Å². The Morgan fingerprint density at radius 2 is 1.70 bits per heavy atom. The summed E-state index contributed by atoms with van der Waals surface area (Å²) in [6.07, 6.45) is 0. The Bertz CT molecular complexity index is 1030. The van der Waals surface area contributed by atoms with Gasteiger partial charge in [0.05, 0.1) is 10.9 Å². The maximum Gasteiger partial charge on any atom is 0.201 e. The lowest BCUT2D eigenvalue weighted by Gasteiger charge is -2.09. The molecule has 0 N–H and O–H groups in total. The molecule has 2 heterocycles. The smallest absolute Gasteiger partial charge is 0.201 e. The van der Waals surface area contributed by atoms with Crippen LogP contribution in [0.2, 0.25) is 5.02 Å². The van der Waals surface area contributed by atoms with Crippen molar-refractivity contribution in [2.45, 2.75) is 0 Å². The minimum Gasteiger partial charge on any atom is -0.455 e. The highest BCUT2D eigenvalue weighted by atomic mass is 35.5. The van der Waals surface area contributed by atoms with Gasteiger partial charge in [-0.05, 0) is 53.2 Å². The first-order valence-electron chi connectivity index (χ1n) is 7.08. The lowest BCUT2D eigenvalue weighted by atomic mass is 10.0. The normalized spacial score (nSPS) is 11.0. The fraction of sp³-hybridized carbons (Fsp3) is 0. The fourth-order valence-electron chi connectivity index (χ4n) is 2.62. The summed E-state index contributed by atoms with van der Waals surface area (Å²) in [7, 11) is 0. The molecule has 23 heavy (non-hydrogen) atoms. The molecule has 0 aliphatic rings. The van der Waals surface area contributed by atoms with Gasteiger partial charge in [0.2, 0.25) is 5.43 Å². The van der Waals surface area contributed by atoms with Crippen molar-refractivity contribution in [3.05, 3.63) is 80.6 Å². The monoisotopic (exact) mass is 338 g/mol. The van der Waals surface area contributed by atoms with Crippen molar-refractivity contribution in [3.63, 3.8) is 0 Å². The van der Waals surface area contributed by atoms with Crippen molar-refractivity contribution in [3.8, 4) is 22.5 Å². The van der Waals surface area contributed by atoms with E-state index in [0.29, 0.717) is 27.3 Å². The van der Waals surface area contributed by atoms with Gasteiger partial charge in [0.25, 0.3) is 0 Å². The van der Waals surface area contributed by atoms with E-state index in [9.17, 15) is 4.79 Å². The van der Waals surface area contributed by atoms with Gasteiger partial charge in [0.1, 0.15) is 11.3 Å². The average Bonchev–Trinajstić information content (AvgIpc) is 3.09. The van der Waals surface area contributed by atoms with E-state index in [1.54, 1.807) is 29.5 Å². The number of para-hydroxylation sites is 1. The first kappa shape index (κ1) is 14.2. The van der Waals surface area contributed by atoms with Gasteiger partial charge in [-0.1, -0.05) is 23.7 Å². The summed E-state index contributed by atoms with van der Waals surface area (Å²) in [6.45, 7) is 0. The number of hydrogen-bond acceptors (Lipinski definition) is 3. The first-order valence-corrected chi connectivity index (χ1v) is 8.40. The lowest BCUT2D eigenvalue weighted by Crippen LogP contribution is -2.06. The summed E-state index contributed by atoms with van der Waals surface area (Å²) in [6, 6.07) is 16.6. The van der Waals surface area contributed by atoms with Gasteiger partial charge in [-0.2, -0.15) is 11.3 Å². The molecule has 112 valence electrons.